The third kappa shape index (κ3) is 2.56. The van der Waals surface area contributed by atoms with Gasteiger partial charge < -0.3 is 0 Å². The lowest BCUT2D eigenvalue weighted by molar-refractivity contribution is 0.112. The largest absolute Gasteiger partial charge is 0.298 e. The summed E-state index contributed by atoms with van der Waals surface area (Å²) in [5.74, 6) is -0.281. The Bertz CT molecular complexity index is 1040. The van der Waals surface area contributed by atoms with Crippen molar-refractivity contribution in [2.24, 2.45) is 0 Å². The molecule has 0 aliphatic carbocycles. The minimum Gasteiger partial charge on any atom is -0.298 e. The summed E-state index contributed by atoms with van der Waals surface area (Å²) < 4.78 is 14.7. The SMILES string of the molecule is O=Cc1ccc2nc(-c3ccn(-c4ccc(F)cc4)n3)ccc2c1. The zero-order valence-electron chi connectivity index (χ0n) is 12.6. The van der Waals surface area contributed by atoms with Crippen molar-refractivity contribution < 1.29 is 9.18 Å². The Balaban J connectivity index is 1.72. The van der Waals surface area contributed by atoms with E-state index in [-0.39, 0.29) is 5.82 Å². The fraction of sp³-hybridized carbons (Fsp3) is 0. The molecule has 4 rings (SSSR count). The van der Waals surface area contributed by atoms with Gasteiger partial charge >= 0.3 is 0 Å². The summed E-state index contributed by atoms with van der Waals surface area (Å²) in [7, 11) is 0. The molecule has 0 aliphatic rings. The molecule has 2 heterocycles. The van der Waals surface area contributed by atoms with Crippen LogP contribution in [0, 0.1) is 5.82 Å². The molecule has 0 saturated heterocycles. The molecule has 5 heteroatoms. The van der Waals surface area contributed by atoms with Crippen LogP contribution in [0.5, 0.6) is 0 Å². The van der Waals surface area contributed by atoms with Crippen LogP contribution < -0.4 is 0 Å². The number of nitrogens with zero attached hydrogens (tertiary/aromatic N) is 3. The van der Waals surface area contributed by atoms with Gasteiger partial charge in [-0.1, -0.05) is 6.07 Å². The second kappa shape index (κ2) is 5.70. The van der Waals surface area contributed by atoms with Crippen molar-refractivity contribution in [2.75, 3.05) is 0 Å². The van der Waals surface area contributed by atoms with Gasteiger partial charge in [-0.3, -0.25) is 4.79 Å². The minimum atomic E-state index is -0.281. The lowest BCUT2D eigenvalue weighted by atomic mass is 10.1. The number of hydrogen-bond acceptors (Lipinski definition) is 3. The fourth-order valence-corrected chi connectivity index (χ4v) is 2.56. The highest BCUT2D eigenvalue weighted by molar-refractivity contribution is 5.87. The molecule has 0 bridgehead atoms. The second-order valence-electron chi connectivity index (χ2n) is 5.39. The van der Waals surface area contributed by atoms with Crippen LogP contribution in [0.2, 0.25) is 0 Å². The summed E-state index contributed by atoms with van der Waals surface area (Å²) in [4.78, 5) is 15.4. The van der Waals surface area contributed by atoms with E-state index in [1.165, 1.54) is 12.1 Å². The van der Waals surface area contributed by atoms with Gasteiger partial charge in [-0.15, -0.1) is 0 Å². The van der Waals surface area contributed by atoms with Crippen molar-refractivity contribution in [1.29, 1.82) is 0 Å². The number of halogens is 1. The third-order valence-corrected chi connectivity index (χ3v) is 3.79. The number of hydrogen-bond donors (Lipinski definition) is 0. The fourth-order valence-electron chi connectivity index (χ4n) is 2.56. The Kier molecular flexibility index (Phi) is 3.39. The maximum absolute atomic E-state index is 13.0. The molecule has 116 valence electrons. The predicted octanol–water partition coefficient (Wildman–Crippen LogP) is 4.04. The highest BCUT2D eigenvalue weighted by Crippen LogP contribution is 2.21. The van der Waals surface area contributed by atoms with Gasteiger partial charge in [0.2, 0.25) is 0 Å². The van der Waals surface area contributed by atoms with E-state index in [1.807, 2.05) is 30.5 Å². The Morgan fingerprint density at radius 1 is 0.917 bits per heavy atom. The molecular formula is C19H12FN3O. The van der Waals surface area contributed by atoms with E-state index in [4.69, 9.17) is 0 Å². The van der Waals surface area contributed by atoms with Gasteiger partial charge in [0.25, 0.3) is 0 Å². The van der Waals surface area contributed by atoms with Crippen molar-refractivity contribution in [3.05, 3.63) is 78.2 Å². The van der Waals surface area contributed by atoms with E-state index < -0.39 is 0 Å². The van der Waals surface area contributed by atoms with Crippen molar-refractivity contribution in [3.63, 3.8) is 0 Å². The molecule has 0 unspecified atom stereocenters. The first-order chi connectivity index (χ1) is 11.7. The van der Waals surface area contributed by atoms with Gasteiger partial charge in [0.05, 0.1) is 16.9 Å². The summed E-state index contributed by atoms with van der Waals surface area (Å²) in [5.41, 5.74) is 3.66. The summed E-state index contributed by atoms with van der Waals surface area (Å²) in [6, 6.07) is 17.1. The summed E-state index contributed by atoms with van der Waals surface area (Å²) in [6.07, 6.45) is 2.63. The molecular weight excluding hydrogens is 305 g/mol. The zero-order chi connectivity index (χ0) is 16.5. The zero-order valence-corrected chi connectivity index (χ0v) is 12.6. The Morgan fingerprint density at radius 2 is 1.75 bits per heavy atom. The molecule has 0 aliphatic heterocycles. The predicted molar refractivity (Wildman–Crippen MR) is 89.6 cm³/mol. The highest BCUT2D eigenvalue weighted by atomic mass is 19.1. The Labute approximate surface area is 137 Å². The van der Waals surface area contributed by atoms with E-state index >= 15 is 0 Å². The van der Waals surface area contributed by atoms with Crippen LogP contribution in [0.1, 0.15) is 10.4 Å². The number of rotatable bonds is 3. The van der Waals surface area contributed by atoms with Crippen LogP contribution in [-0.4, -0.2) is 21.1 Å². The quantitative estimate of drug-likeness (QED) is 0.536. The Hall–Kier alpha value is -3.34. The molecule has 4 aromatic rings. The molecule has 0 spiro atoms. The van der Waals surface area contributed by atoms with Crippen LogP contribution in [0.15, 0.2) is 66.9 Å². The molecule has 0 radical (unpaired) electrons. The second-order valence-corrected chi connectivity index (χ2v) is 5.39. The maximum Gasteiger partial charge on any atom is 0.150 e. The molecule has 2 aromatic heterocycles. The first-order valence-electron chi connectivity index (χ1n) is 7.41. The average Bonchev–Trinajstić information content (AvgIpc) is 3.11. The number of fused-ring (bicyclic) bond motifs is 1. The number of benzene rings is 2. The topological polar surface area (TPSA) is 47.8 Å². The molecule has 0 N–H and O–H groups in total. The Morgan fingerprint density at radius 3 is 2.54 bits per heavy atom. The van der Waals surface area contributed by atoms with E-state index in [0.717, 1.165) is 34.3 Å². The van der Waals surface area contributed by atoms with E-state index in [2.05, 4.69) is 10.1 Å². The maximum atomic E-state index is 13.0. The molecule has 0 amide bonds. The van der Waals surface area contributed by atoms with Crippen molar-refractivity contribution >= 4 is 17.2 Å². The first-order valence-corrected chi connectivity index (χ1v) is 7.41. The summed E-state index contributed by atoms with van der Waals surface area (Å²) in [5, 5.41) is 5.40. The molecule has 2 aromatic carbocycles. The molecule has 4 nitrogen and oxygen atoms in total. The number of aromatic nitrogens is 3. The standard InChI is InChI=1S/C19H12FN3O/c20-15-3-5-16(6-4-15)23-10-9-19(22-23)18-8-2-14-11-13(12-24)1-7-17(14)21-18/h1-12H. The number of carbonyl (C=O) groups excluding carboxylic acids is 1. The first kappa shape index (κ1) is 14.3. The van der Waals surface area contributed by atoms with E-state index in [9.17, 15) is 9.18 Å². The van der Waals surface area contributed by atoms with Crippen molar-refractivity contribution in [2.45, 2.75) is 0 Å². The molecule has 0 atom stereocenters. The van der Waals surface area contributed by atoms with Gasteiger partial charge in [-0.25, -0.2) is 14.1 Å². The van der Waals surface area contributed by atoms with Crippen LogP contribution in [0.3, 0.4) is 0 Å². The van der Waals surface area contributed by atoms with E-state index in [0.29, 0.717) is 5.56 Å². The number of carbonyl (C=O) groups is 1. The lowest BCUT2D eigenvalue weighted by Gasteiger charge is -2.02. The van der Waals surface area contributed by atoms with Crippen molar-refractivity contribution in [1.82, 2.24) is 14.8 Å². The van der Waals surface area contributed by atoms with Crippen LogP contribution in [-0.2, 0) is 0 Å². The molecule has 0 fully saturated rings. The number of pyridine rings is 1. The smallest absolute Gasteiger partial charge is 0.150 e. The van der Waals surface area contributed by atoms with E-state index in [1.54, 1.807) is 28.9 Å². The normalized spacial score (nSPS) is 10.9. The molecule has 0 saturated carbocycles. The van der Waals surface area contributed by atoms with Gasteiger partial charge in [-0.05, 0) is 54.6 Å². The van der Waals surface area contributed by atoms with Gasteiger partial charge in [0, 0.05) is 17.1 Å². The highest BCUT2D eigenvalue weighted by Gasteiger charge is 2.07. The monoisotopic (exact) mass is 317 g/mol. The minimum absolute atomic E-state index is 0.281. The lowest BCUT2D eigenvalue weighted by Crippen LogP contribution is -1.95. The summed E-state index contributed by atoms with van der Waals surface area (Å²) in [6.45, 7) is 0. The third-order valence-electron chi connectivity index (χ3n) is 3.79. The van der Waals surface area contributed by atoms with Gasteiger partial charge in [0.15, 0.2) is 0 Å². The molecule has 24 heavy (non-hydrogen) atoms. The summed E-state index contributed by atoms with van der Waals surface area (Å²) >= 11 is 0. The van der Waals surface area contributed by atoms with Crippen LogP contribution >= 0.6 is 0 Å². The van der Waals surface area contributed by atoms with Crippen LogP contribution in [0.25, 0.3) is 28.0 Å². The number of aldehydes is 1. The average molecular weight is 317 g/mol. The van der Waals surface area contributed by atoms with Crippen molar-refractivity contribution in [3.8, 4) is 17.1 Å². The van der Waals surface area contributed by atoms with Gasteiger partial charge in [0.1, 0.15) is 17.8 Å². The van der Waals surface area contributed by atoms with Crippen LogP contribution in [0.4, 0.5) is 4.39 Å². The van der Waals surface area contributed by atoms with Gasteiger partial charge in [-0.2, -0.15) is 5.10 Å².